The first-order valence-electron chi connectivity index (χ1n) is 7.07. The fourth-order valence-corrected chi connectivity index (χ4v) is 2.66. The van der Waals surface area contributed by atoms with Gasteiger partial charge in [-0.2, -0.15) is 0 Å². The summed E-state index contributed by atoms with van der Waals surface area (Å²) in [6, 6.07) is 0. The van der Waals surface area contributed by atoms with Crippen LogP contribution in [0.25, 0.3) is 5.78 Å². The monoisotopic (exact) mass is 296 g/mol. The molecule has 0 spiro atoms. The van der Waals surface area contributed by atoms with E-state index in [0.717, 1.165) is 21.6 Å². The Hall–Kier alpha value is -1.79. The van der Waals surface area contributed by atoms with Crippen LogP contribution in [0.1, 0.15) is 43.1 Å². The van der Waals surface area contributed by atoms with Crippen molar-refractivity contribution in [3.8, 4) is 0 Å². The molecule has 21 heavy (non-hydrogen) atoms. The average molecular weight is 296 g/mol. The third kappa shape index (κ3) is 2.15. The number of rotatable bonds is 3. The van der Waals surface area contributed by atoms with Crippen molar-refractivity contribution in [3.63, 3.8) is 0 Å². The number of nitrogens with zero attached hydrogens (tertiary/aromatic N) is 4. The highest BCUT2D eigenvalue weighted by atomic mass is 19.3. The van der Waals surface area contributed by atoms with Crippen LogP contribution in [0, 0.1) is 19.8 Å². The second-order valence-corrected chi connectivity index (χ2v) is 6.12. The zero-order chi connectivity index (χ0) is 15.5. The van der Waals surface area contributed by atoms with Gasteiger partial charge in [0.1, 0.15) is 0 Å². The lowest BCUT2D eigenvalue weighted by atomic mass is 10.0. The smallest absolute Gasteiger partial charge is 0.246 e. The summed E-state index contributed by atoms with van der Waals surface area (Å²) in [5.41, 5.74) is 2.20. The summed E-state index contributed by atoms with van der Waals surface area (Å²) in [7, 11) is 0. The maximum atomic E-state index is 13.0. The number of hydrogen-bond acceptors (Lipinski definition) is 3. The Morgan fingerprint density at radius 2 is 2.00 bits per heavy atom. The van der Waals surface area contributed by atoms with E-state index in [4.69, 9.17) is 0 Å². The van der Waals surface area contributed by atoms with Crippen LogP contribution in [-0.2, 0) is 6.54 Å². The summed E-state index contributed by atoms with van der Waals surface area (Å²) in [4.78, 5) is 16.8. The van der Waals surface area contributed by atoms with Crippen LogP contribution in [0.15, 0.2) is 4.79 Å². The fraction of sp³-hybridized carbons (Fsp3) is 0.643. The van der Waals surface area contributed by atoms with Crippen molar-refractivity contribution in [2.24, 2.45) is 5.92 Å². The van der Waals surface area contributed by atoms with Gasteiger partial charge in [-0.1, -0.05) is 13.8 Å². The highest BCUT2D eigenvalue weighted by Gasteiger charge is 2.57. The molecule has 0 saturated heterocycles. The van der Waals surface area contributed by atoms with E-state index in [1.807, 2.05) is 27.7 Å². The molecule has 1 fully saturated rings. The fourth-order valence-electron chi connectivity index (χ4n) is 2.66. The largest absolute Gasteiger partial charge is 0.351 e. The Morgan fingerprint density at radius 1 is 1.38 bits per heavy atom. The molecule has 0 aliphatic heterocycles. The number of fused-ring (bicyclic) bond motifs is 1. The quantitative estimate of drug-likeness (QED) is 0.873. The molecule has 3 rings (SSSR count). The lowest BCUT2D eigenvalue weighted by Gasteiger charge is -2.11. The summed E-state index contributed by atoms with van der Waals surface area (Å²) >= 11 is 0. The molecule has 5 nitrogen and oxygen atoms in total. The lowest BCUT2D eigenvalue weighted by molar-refractivity contribution is 0.0940. The second kappa shape index (κ2) is 4.35. The predicted octanol–water partition coefficient (Wildman–Crippen LogP) is 2.29. The summed E-state index contributed by atoms with van der Waals surface area (Å²) in [6.07, 6.45) is -0.171. The van der Waals surface area contributed by atoms with Gasteiger partial charge < -0.3 is 0 Å². The van der Waals surface area contributed by atoms with Crippen LogP contribution < -0.4 is 5.69 Å². The average Bonchev–Trinajstić information content (AvgIpc) is 2.85. The molecular weight excluding hydrogens is 278 g/mol. The summed E-state index contributed by atoms with van der Waals surface area (Å²) in [5, 5.41) is 4.13. The Labute approximate surface area is 120 Å². The van der Waals surface area contributed by atoms with Crippen LogP contribution in [0.5, 0.6) is 0 Å². The first kappa shape index (κ1) is 14.2. The molecule has 1 aliphatic rings. The van der Waals surface area contributed by atoms with Crippen LogP contribution in [0.3, 0.4) is 0 Å². The van der Waals surface area contributed by atoms with Gasteiger partial charge in [-0.15, -0.1) is 5.10 Å². The van der Waals surface area contributed by atoms with Gasteiger partial charge in [0.25, 0.3) is 11.7 Å². The molecule has 7 heteroatoms. The van der Waals surface area contributed by atoms with E-state index < -0.39 is 17.5 Å². The molecule has 0 N–H and O–H groups in total. The van der Waals surface area contributed by atoms with Crippen LogP contribution in [0.4, 0.5) is 8.78 Å². The molecule has 0 bridgehead atoms. The molecule has 2 aromatic rings. The van der Waals surface area contributed by atoms with Gasteiger partial charge in [-0.05, 0) is 25.3 Å². The molecule has 2 heterocycles. The van der Waals surface area contributed by atoms with E-state index in [9.17, 15) is 13.6 Å². The normalized spacial score (nSPS) is 20.4. The molecule has 1 unspecified atom stereocenters. The maximum Gasteiger partial charge on any atom is 0.351 e. The zero-order valence-electron chi connectivity index (χ0n) is 12.5. The maximum absolute atomic E-state index is 13.0. The third-order valence-electron chi connectivity index (χ3n) is 4.20. The minimum absolute atomic E-state index is 0.0509. The summed E-state index contributed by atoms with van der Waals surface area (Å²) < 4.78 is 28.6. The van der Waals surface area contributed by atoms with Gasteiger partial charge in [-0.3, -0.25) is 0 Å². The summed E-state index contributed by atoms with van der Waals surface area (Å²) in [6.45, 7) is 7.73. The Balaban J connectivity index is 2.12. The van der Waals surface area contributed by atoms with Crippen molar-refractivity contribution < 1.29 is 8.78 Å². The first-order chi connectivity index (χ1) is 9.72. The highest BCUT2D eigenvalue weighted by molar-refractivity contribution is 5.37. The number of alkyl halides is 2. The van der Waals surface area contributed by atoms with Crippen molar-refractivity contribution in [2.75, 3.05) is 0 Å². The summed E-state index contributed by atoms with van der Waals surface area (Å²) in [5.74, 6) is -2.94. The molecule has 0 amide bonds. The van der Waals surface area contributed by atoms with E-state index in [1.165, 1.54) is 4.40 Å². The van der Waals surface area contributed by atoms with E-state index in [-0.39, 0.29) is 24.7 Å². The molecule has 0 aromatic carbocycles. The molecular formula is C14H18F2N4O. The zero-order valence-corrected chi connectivity index (χ0v) is 12.5. The minimum Gasteiger partial charge on any atom is -0.246 e. The van der Waals surface area contributed by atoms with E-state index in [2.05, 4.69) is 10.1 Å². The van der Waals surface area contributed by atoms with Crippen molar-refractivity contribution in [1.82, 2.24) is 19.2 Å². The standard InChI is InChI=1S/C14H18F2N4O/c1-7(2)11-8(3)9(4)20-12(17-11)18-19(13(20)21)6-10-5-14(10,15)16/h7,10H,5-6H2,1-4H3. The van der Waals surface area contributed by atoms with Gasteiger partial charge in [0.2, 0.25) is 0 Å². The van der Waals surface area contributed by atoms with Crippen molar-refractivity contribution in [3.05, 3.63) is 27.4 Å². The molecule has 1 atom stereocenters. The number of aryl methyl sites for hydroxylation is 1. The molecule has 2 aromatic heterocycles. The SMILES string of the molecule is Cc1c(C(C)C)nc2nn(CC3CC3(F)F)c(=O)n2c1C. The highest BCUT2D eigenvalue weighted by Crippen LogP contribution is 2.49. The Morgan fingerprint density at radius 3 is 2.52 bits per heavy atom. The van der Waals surface area contributed by atoms with E-state index in [0.29, 0.717) is 0 Å². The minimum atomic E-state index is -2.66. The topological polar surface area (TPSA) is 52.2 Å². The van der Waals surface area contributed by atoms with Crippen LogP contribution in [0.2, 0.25) is 0 Å². The third-order valence-corrected chi connectivity index (χ3v) is 4.20. The Bertz CT molecular complexity index is 775. The first-order valence-corrected chi connectivity index (χ1v) is 7.07. The van der Waals surface area contributed by atoms with E-state index in [1.54, 1.807) is 0 Å². The van der Waals surface area contributed by atoms with Gasteiger partial charge in [0, 0.05) is 18.0 Å². The van der Waals surface area contributed by atoms with E-state index >= 15 is 0 Å². The molecule has 1 aliphatic carbocycles. The molecule has 114 valence electrons. The van der Waals surface area contributed by atoms with Gasteiger partial charge in [-0.25, -0.2) is 27.6 Å². The van der Waals surface area contributed by atoms with Gasteiger partial charge in [0.15, 0.2) is 0 Å². The number of hydrogen-bond donors (Lipinski definition) is 0. The van der Waals surface area contributed by atoms with Crippen LogP contribution in [-0.4, -0.2) is 25.1 Å². The predicted molar refractivity (Wildman–Crippen MR) is 73.9 cm³/mol. The second-order valence-electron chi connectivity index (χ2n) is 6.12. The molecule has 0 radical (unpaired) electrons. The Kier molecular flexibility index (Phi) is 2.93. The van der Waals surface area contributed by atoms with Crippen molar-refractivity contribution in [2.45, 2.75) is 52.5 Å². The van der Waals surface area contributed by atoms with Gasteiger partial charge >= 0.3 is 5.69 Å². The van der Waals surface area contributed by atoms with Crippen molar-refractivity contribution in [1.29, 1.82) is 0 Å². The lowest BCUT2D eigenvalue weighted by Crippen LogP contribution is -2.24. The van der Waals surface area contributed by atoms with Crippen LogP contribution >= 0.6 is 0 Å². The molecule has 1 saturated carbocycles. The number of aromatic nitrogens is 4. The van der Waals surface area contributed by atoms with Gasteiger partial charge in [0.05, 0.1) is 12.2 Å². The number of halogens is 2. The van der Waals surface area contributed by atoms with Crippen molar-refractivity contribution >= 4 is 5.78 Å².